The van der Waals surface area contributed by atoms with Crippen LogP contribution in [0.25, 0.3) is 0 Å². The normalized spacial score (nSPS) is 5.43. The van der Waals surface area contributed by atoms with Gasteiger partial charge in [0.05, 0.1) is 0 Å². The molecule has 0 atom stereocenters. The van der Waals surface area contributed by atoms with Gasteiger partial charge in [0.25, 0.3) is 0 Å². The molecule has 0 heterocycles. The third-order valence-electron chi connectivity index (χ3n) is 0.707. The molecule has 0 unspecified atom stereocenters. The van der Waals surface area contributed by atoms with Crippen molar-refractivity contribution in [2.24, 2.45) is 0 Å². The maximum absolute atomic E-state index is 2.27. The standard InChI is InChI=1S/2C2H5.Al.ClH.Mg.3H/c2*1-2;;;;;;/h2*1H2,2H3;;1H;;;;/q;;;;+2;;2*-1. The molecule has 0 rings (SSSR count). The molecule has 0 spiro atoms. The van der Waals surface area contributed by atoms with E-state index in [1.165, 1.54) is 10.6 Å². The summed E-state index contributed by atoms with van der Waals surface area (Å²) in [5.41, 5.74) is 0. The van der Waals surface area contributed by atoms with E-state index in [1.807, 2.05) is 0 Å². The SMILES string of the molecule is C[CH2][AlH][CH2]C.Cl.[H-].[H-].[Mg+2]. The van der Waals surface area contributed by atoms with Gasteiger partial charge in [-0.15, -0.1) is 23.0 Å². The Morgan fingerprint density at radius 2 is 1.57 bits per heavy atom. The Bertz CT molecular complexity index is 26.0. The second-order valence-electron chi connectivity index (χ2n) is 1.35. The van der Waals surface area contributed by atoms with Crippen molar-refractivity contribution >= 4 is 50.7 Å². The first-order chi connectivity index (χ1) is 2.41. The summed E-state index contributed by atoms with van der Waals surface area (Å²) in [7, 11) is 0. The van der Waals surface area contributed by atoms with Gasteiger partial charge in [-0.3, -0.25) is 0 Å². The van der Waals surface area contributed by atoms with Gasteiger partial charge in [0, 0.05) is 0 Å². The van der Waals surface area contributed by atoms with Crippen LogP contribution in [-0.2, 0) is 0 Å². The van der Waals surface area contributed by atoms with Gasteiger partial charge in [-0.25, -0.2) is 0 Å². The predicted octanol–water partition coefficient (Wildman–Crippen LogP) is 1.57. The topological polar surface area (TPSA) is 0 Å². The van der Waals surface area contributed by atoms with Gasteiger partial charge in [0.15, 0.2) is 0 Å². The van der Waals surface area contributed by atoms with Crippen molar-refractivity contribution in [2.75, 3.05) is 0 Å². The van der Waals surface area contributed by atoms with Crippen molar-refractivity contribution < 1.29 is 2.85 Å². The summed E-state index contributed by atoms with van der Waals surface area (Å²) in [4.78, 5) is 0. The first-order valence-corrected chi connectivity index (χ1v) is 4.41. The molecule has 0 aliphatic carbocycles. The van der Waals surface area contributed by atoms with Gasteiger partial charge < -0.3 is 2.85 Å². The minimum atomic E-state index is 0. The van der Waals surface area contributed by atoms with Crippen LogP contribution in [0.1, 0.15) is 16.7 Å². The van der Waals surface area contributed by atoms with Gasteiger partial charge in [-0.2, -0.15) is 0 Å². The third kappa shape index (κ3) is 18.4. The molecule has 0 nitrogen and oxygen atoms in total. The van der Waals surface area contributed by atoms with E-state index in [0.717, 1.165) is 0 Å². The van der Waals surface area contributed by atoms with Crippen molar-refractivity contribution in [3.8, 4) is 0 Å². The fourth-order valence-corrected chi connectivity index (χ4v) is 1.06. The van der Waals surface area contributed by atoms with E-state index in [9.17, 15) is 0 Å². The molecule has 0 aliphatic rings. The second kappa shape index (κ2) is 15.6. The Balaban J connectivity index is -0.0000000133. The number of hydrogen-bond donors (Lipinski definition) is 0. The molecule has 0 N–H and O–H groups in total. The third-order valence-corrected chi connectivity index (χ3v) is 2.12. The second-order valence-corrected chi connectivity index (χ2v) is 4.06. The molecule has 0 fully saturated rings. The van der Waals surface area contributed by atoms with Gasteiger partial charge in [0.1, 0.15) is 0 Å². The molecule has 0 aromatic heterocycles. The van der Waals surface area contributed by atoms with E-state index in [1.54, 1.807) is 0 Å². The van der Waals surface area contributed by atoms with Crippen LogP contribution in [0.5, 0.6) is 0 Å². The summed E-state index contributed by atoms with van der Waals surface area (Å²) in [5, 5.41) is 2.97. The molecule has 0 saturated carbocycles. The summed E-state index contributed by atoms with van der Waals surface area (Å²) in [5.74, 6) is 0. The molecule has 3 heteroatoms. The largest absolute Gasteiger partial charge is 2.00 e. The quantitative estimate of drug-likeness (QED) is 0.522. The number of hydrogen-bond acceptors (Lipinski definition) is 0. The summed E-state index contributed by atoms with van der Waals surface area (Å²) in [6, 6.07) is 0. The Morgan fingerprint density at radius 3 is 1.57 bits per heavy atom. The molecule has 42 valence electrons. The van der Waals surface area contributed by atoms with Crippen LogP contribution in [0.15, 0.2) is 0 Å². The first-order valence-electron chi connectivity index (χ1n) is 2.41. The van der Waals surface area contributed by atoms with Crippen molar-refractivity contribution in [1.29, 1.82) is 0 Å². The minimum Gasteiger partial charge on any atom is -1.00 e. The van der Waals surface area contributed by atoms with Crippen LogP contribution in [-0.4, -0.2) is 38.3 Å². The summed E-state index contributed by atoms with van der Waals surface area (Å²) >= 11 is 0.432. The van der Waals surface area contributed by atoms with Crippen LogP contribution in [0, 0.1) is 0 Å². The molecule has 0 bridgehead atoms. The molecule has 0 saturated heterocycles. The van der Waals surface area contributed by atoms with Crippen LogP contribution in [0.3, 0.4) is 0 Å². The van der Waals surface area contributed by atoms with E-state index in [4.69, 9.17) is 0 Å². The van der Waals surface area contributed by atoms with Crippen molar-refractivity contribution in [3.05, 3.63) is 0 Å². The van der Waals surface area contributed by atoms with E-state index >= 15 is 0 Å². The summed E-state index contributed by atoms with van der Waals surface area (Å²) in [6.07, 6.45) is 0. The monoisotopic (exact) mass is 148 g/mol. The van der Waals surface area contributed by atoms with Crippen LogP contribution >= 0.6 is 12.4 Å². The predicted molar refractivity (Wildman–Crippen MR) is 43.3 cm³/mol. The van der Waals surface area contributed by atoms with E-state index in [-0.39, 0.29) is 38.3 Å². The fraction of sp³-hybridized carbons (Fsp3) is 1.00. The molecular formula is C4H14AlClMg. The number of halogens is 1. The first kappa shape index (κ1) is 15.8. The number of rotatable bonds is 2. The smallest absolute Gasteiger partial charge is 1.00 e. The van der Waals surface area contributed by atoms with Crippen LogP contribution in [0.2, 0.25) is 10.6 Å². The molecule has 0 amide bonds. The van der Waals surface area contributed by atoms with Crippen molar-refractivity contribution in [2.45, 2.75) is 24.4 Å². The zero-order chi connectivity index (χ0) is 4.12. The van der Waals surface area contributed by atoms with E-state index < -0.39 is 0 Å². The zero-order valence-electron chi connectivity index (χ0n) is 7.24. The Kier molecular flexibility index (Phi) is 35.4. The maximum atomic E-state index is 2.27. The summed E-state index contributed by atoms with van der Waals surface area (Å²) in [6.45, 7) is 4.55. The van der Waals surface area contributed by atoms with Crippen LogP contribution < -0.4 is 0 Å². The fourth-order valence-electron chi connectivity index (χ4n) is 0.354. The van der Waals surface area contributed by atoms with Gasteiger partial charge in [-0.1, -0.05) is 13.8 Å². The van der Waals surface area contributed by atoms with Crippen LogP contribution in [0.4, 0.5) is 0 Å². The van der Waals surface area contributed by atoms with E-state index in [2.05, 4.69) is 13.8 Å². The Hall–Kier alpha value is 1.59. The Morgan fingerprint density at radius 1 is 1.29 bits per heavy atom. The maximum Gasteiger partial charge on any atom is 2.00 e. The average Bonchev–Trinajstić information content (AvgIpc) is 1.41. The molecule has 0 aliphatic heterocycles. The van der Waals surface area contributed by atoms with Crippen molar-refractivity contribution in [1.82, 2.24) is 0 Å². The molecule has 0 aromatic carbocycles. The molecule has 7 heavy (non-hydrogen) atoms. The summed E-state index contributed by atoms with van der Waals surface area (Å²) < 4.78 is 0. The van der Waals surface area contributed by atoms with Gasteiger partial charge in [0.2, 0.25) is 15.2 Å². The van der Waals surface area contributed by atoms with Crippen molar-refractivity contribution in [3.63, 3.8) is 0 Å². The average molecular weight is 149 g/mol. The Labute approximate surface area is 77.7 Å². The van der Waals surface area contributed by atoms with E-state index in [0.29, 0.717) is 15.2 Å². The molecule has 0 radical (unpaired) electrons. The molecular weight excluding hydrogens is 135 g/mol. The van der Waals surface area contributed by atoms with Gasteiger partial charge >= 0.3 is 23.1 Å². The molecule has 0 aromatic rings. The minimum absolute atomic E-state index is 0. The van der Waals surface area contributed by atoms with Gasteiger partial charge in [-0.05, 0) is 0 Å². The zero-order valence-corrected chi connectivity index (χ0v) is 8.88.